The fourth-order valence-corrected chi connectivity index (χ4v) is 4.19. The Kier molecular flexibility index (Phi) is 6.45. The summed E-state index contributed by atoms with van der Waals surface area (Å²) < 4.78 is 75.2. The van der Waals surface area contributed by atoms with Crippen molar-refractivity contribution in [3.63, 3.8) is 0 Å². The first kappa shape index (κ1) is 23.5. The summed E-state index contributed by atoms with van der Waals surface area (Å²) in [4.78, 5) is 12.2. The van der Waals surface area contributed by atoms with Gasteiger partial charge in [-0.15, -0.1) is 0 Å². The summed E-state index contributed by atoms with van der Waals surface area (Å²) in [6, 6.07) is 7.98. The number of rotatable bonds is 4. The zero-order valence-electron chi connectivity index (χ0n) is 17.6. The Hall–Kier alpha value is -3.62. The van der Waals surface area contributed by atoms with Gasteiger partial charge in [-0.05, 0) is 73.1 Å². The quantitative estimate of drug-likeness (QED) is 0.339. The number of phenols is 2. The molecule has 1 aliphatic rings. The van der Waals surface area contributed by atoms with Crippen LogP contribution in [-0.4, -0.2) is 22.3 Å². The van der Waals surface area contributed by atoms with Gasteiger partial charge in [-0.3, -0.25) is 0 Å². The molecule has 0 radical (unpaired) electrons. The number of halogens is 5. The molecule has 0 unspecified atom stereocenters. The van der Waals surface area contributed by atoms with E-state index in [4.69, 9.17) is 9.84 Å². The third-order valence-corrected chi connectivity index (χ3v) is 6.04. The number of phenolic OH excluding ortho intramolecular Hbond substituents is 2. The molecule has 0 saturated heterocycles. The minimum absolute atomic E-state index is 0.114. The molecule has 1 aliphatic carbocycles. The maximum Gasteiger partial charge on any atom is 0.341 e. The summed E-state index contributed by atoms with van der Waals surface area (Å²) in [5.41, 5.74) is -0.325. The van der Waals surface area contributed by atoms with E-state index in [1.54, 1.807) is 0 Å². The van der Waals surface area contributed by atoms with Gasteiger partial charge in [0.25, 0.3) is 0 Å². The molecule has 2 N–H and O–H groups in total. The topological polar surface area (TPSA) is 66.8 Å². The van der Waals surface area contributed by atoms with Crippen LogP contribution in [0.4, 0.5) is 22.0 Å². The van der Waals surface area contributed by atoms with Gasteiger partial charge >= 0.3 is 5.97 Å². The van der Waals surface area contributed by atoms with Gasteiger partial charge in [-0.2, -0.15) is 8.78 Å². The lowest BCUT2D eigenvalue weighted by atomic mass is 9.82. The molecule has 0 bridgehead atoms. The molecule has 0 spiro atoms. The van der Waals surface area contributed by atoms with Crippen LogP contribution in [0.1, 0.15) is 47.5 Å². The lowest BCUT2D eigenvalue weighted by Gasteiger charge is -2.29. The van der Waals surface area contributed by atoms with E-state index < -0.39 is 58.2 Å². The van der Waals surface area contributed by atoms with Crippen molar-refractivity contribution < 1.29 is 41.7 Å². The SMILES string of the molecule is O=C(OC1CCC(c2ccc(-c3ccc(O)c(F)c3F)cc2F)CC1)c1ccc(O)c(F)c1F. The van der Waals surface area contributed by atoms with Crippen LogP contribution >= 0.6 is 0 Å². The van der Waals surface area contributed by atoms with Gasteiger partial charge in [-0.25, -0.2) is 18.0 Å². The standard InChI is InChI=1S/C25H19F5O4/c26-18-11-13(16-7-9-19(31)23(29)21(16)27)3-6-15(18)12-1-4-14(5-2-12)34-25(33)17-8-10-20(32)24(30)22(17)28/h3,6-12,14,31-32H,1-2,4-5H2. The van der Waals surface area contributed by atoms with E-state index >= 15 is 0 Å². The van der Waals surface area contributed by atoms with Crippen LogP contribution in [0, 0.1) is 29.1 Å². The van der Waals surface area contributed by atoms with Crippen molar-refractivity contribution in [1.29, 1.82) is 0 Å². The normalized spacial score (nSPS) is 18.0. The molecule has 3 aromatic rings. The maximum absolute atomic E-state index is 14.8. The zero-order chi connectivity index (χ0) is 24.6. The molecular weight excluding hydrogens is 459 g/mol. The minimum Gasteiger partial charge on any atom is -0.505 e. The van der Waals surface area contributed by atoms with Crippen molar-refractivity contribution >= 4 is 5.97 Å². The molecule has 178 valence electrons. The van der Waals surface area contributed by atoms with Crippen LogP contribution in [0.5, 0.6) is 11.5 Å². The first-order valence-electron chi connectivity index (χ1n) is 10.5. The molecular formula is C25H19F5O4. The van der Waals surface area contributed by atoms with Crippen molar-refractivity contribution in [3.05, 3.63) is 82.7 Å². The van der Waals surface area contributed by atoms with Crippen LogP contribution in [0.25, 0.3) is 11.1 Å². The molecule has 3 aromatic carbocycles. The van der Waals surface area contributed by atoms with Crippen molar-refractivity contribution in [1.82, 2.24) is 0 Å². The molecule has 0 atom stereocenters. The van der Waals surface area contributed by atoms with E-state index in [-0.39, 0.29) is 17.0 Å². The molecule has 4 rings (SSSR count). The second kappa shape index (κ2) is 9.32. The lowest BCUT2D eigenvalue weighted by molar-refractivity contribution is 0.0188. The number of carbonyl (C=O) groups is 1. The number of benzene rings is 3. The van der Waals surface area contributed by atoms with Gasteiger partial charge in [0.15, 0.2) is 23.1 Å². The van der Waals surface area contributed by atoms with Crippen molar-refractivity contribution in [2.24, 2.45) is 0 Å². The summed E-state index contributed by atoms with van der Waals surface area (Å²) >= 11 is 0. The summed E-state index contributed by atoms with van der Waals surface area (Å²) in [6.45, 7) is 0. The first-order valence-corrected chi connectivity index (χ1v) is 10.5. The number of hydrogen-bond acceptors (Lipinski definition) is 4. The van der Waals surface area contributed by atoms with Crippen molar-refractivity contribution in [2.75, 3.05) is 0 Å². The number of carbonyl (C=O) groups excluding carboxylic acids is 1. The van der Waals surface area contributed by atoms with E-state index in [1.807, 2.05) is 0 Å². The number of esters is 1. The number of ether oxygens (including phenoxy) is 1. The van der Waals surface area contributed by atoms with Crippen LogP contribution in [0.2, 0.25) is 0 Å². The molecule has 9 heteroatoms. The van der Waals surface area contributed by atoms with Crippen LogP contribution in [0.15, 0.2) is 42.5 Å². The van der Waals surface area contributed by atoms with E-state index in [2.05, 4.69) is 0 Å². The summed E-state index contributed by atoms with van der Waals surface area (Å²) in [6.07, 6.45) is 1.04. The summed E-state index contributed by atoms with van der Waals surface area (Å²) in [5.74, 6) is -9.35. The van der Waals surface area contributed by atoms with Gasteiger partial charge in [0.1, 0.15) is 11.9 Å². The lowest BCUT2D eigenvalue weighted by Crippen LogP contribution is -2.24. The Bertz CT molecular complexity index is 1250. The van der Waals surface area contributed by atoms with Gasteiger partial charge in [0, 0.05) is 5.56 Å². The number of aromatic hydroxyl groups is 2. The molecule has 0 amide bonds. The molecule has 1 saturated carbocycles. The predicted molar refractivity (Wildman–Crippen MR) is 112 cm³/mol. The van der Waals surface area contributed by atoms with Crippen molar-refractivity contribution in [2.45, 2.75) is 37.7 Å². The minimum atomic E-state index is -1.54. The fraction of sp³-hybridized carbons (Fsp3) is 0.240. The highest BCUT2D eigenvalue weighted by Gasteiger charge is 2.29. The molecule has 1 fully saturated rings. The van der Waals surface area contributed by atoms with Gasteiger partial charge < -0.3 is 14.9 Å². The van der Waals surface area contributed by atoms with Crippen LogP contribution in [-0.2, 0) is 4.74 Å². The highest BCUT2D eigenvalue weighted by Crippen LogP contribution is 2.38. The second-order valence-electron chi connectivity index (χ2n) is 8.14. The maximum atomic E-state index is 14.8. The van der Waals surface area contributed by atoms with Crippen LogP contribution in [0.3, 0.4) is 0 Å². The molecule has 0 aliphatic heterocycles. The molecule has 0 heterocycles. The molecule has 34 heavy (non-hydrogen) atoms. The second-order valence-corrected chi connectivity index (χ2v) is 8.14. The Morgan fingerprint density at radius 2 is 1.38 bits per heavy atom. The highest BCUT2D eigenvalue weighted by atomic mass is 19.2. The Morgan fingerprint density at radius 3 is 2.03 bits per heavy atom. The smallest absolute Gasteiger partial charge is 0.341 e. The van der Waals surface area contributed by atoms with E-state index in [1.165, 1.54) is 12.1 Å². The van der Waals surface area contributed by atoms with Gasteiger partial charge in [-0.1, -0.05) is 12.1 Å². The molecule has 0 aromatic heterocycles. The predicted octanol–water partition coefficient (Wildman–Crippen LogP) is 6.34. The zero-order valence-corrected chi connectivity index (χ0v) is 17.6. The monoisotopic (exact) mass is 478 g/mol. The highest BCUT2D eigenvalue weighted by molar-refractivity contribution is 5.90. The first-order chi connectivity index (χ1) is 16.2. The van der Waals surface area contributed by atoms with Crippen molar-refractivity contribution in [3.8, 4) is 22.6 Å². The average Bonchev–Trinajstić information content (AvgIpc) is 2.82. The third-order valence-electron chi connectivity index (χ3n) is 6.04. The van der Waals surface area contributed by atoms with E-state index in [0.29, 0.717) is 31.2 Å². The summed E-state index contributed by atoms with van der Waals surface area (Å²) in [5, 5.41) is 18.4. The van der Waals surface area contributed by atoms with Gasteiger partial charge in [0.05, 0.1) is 5.56 Å². The summed E-state index contributed by atoms with van der Waals surface area (Å²) in [7, 11) is 0. The Morgan fingerprint density at radius 1 is 0.765 bits per heavy atom. The average molecular weight is 478 g/mol. The fourth-order valence-electron chi connectivity index (χ4n) is 4.19. The third kappa shape index (κ3) is 4.42. The Labute approximate surface area is 191 Å². The van der Waals surface area contributed by atoms with Gasteiger partial charge in [0.2, 0.25) is 11.6 Å². The number of hydrogen-bond donors (Lipinski definition) is 2. The largest absolute Gasteiger partial charge is 0.505 e. The van der Waals surface area contributed by atoms with E-state index in [9.17, 15) is 31.9 Å². The van der Waals surface area contributed by atoms with E-state index in [0.717, 1.165) is 30.3 Å². The Balaban J connectivity index is 1.42. The van der Waals surface area contributed by atoms with Crippen LogP contribution < -0.4 is 0 Å². The molecule has 4 nitrogen and oxygen atoms in total.